The van der Waals surface area contributed by atoms with Crippen molar-refractivity contribution >= 4 is 11.6 Å². The zero-order valence-corrected chi connectivity index (χ0v) is 10.8. The van der Waals surface area contributed by atoms with Gasteiger partial charge in [-0.25, -0.2) is 9.97 Å². The van der Waals surface area contributed by atoms with Crippen LogP contribution in [0.3, 0.4) is 0 Å². The van der Waals surface area contributed by atoms with Crippen LogP contribution in [0.25, 0.3) is 0 Å². The van der Waals surface area contributed by atoms with E-state index in [4.69, 9.17) is 11.5 Å². The van der Waals surface area contributed by atoms with Gasteiger partial charge in [0.2, 0.25) is 0 Å². The minimum absolute atomic E-state index is 0.125. The first-order chi connectivity index (χ1) is 10.0. The van der Waals surface area contributed by atoms with E-state index in [9.17, 15) is 26.3 Å². The number of hydrogen-bond acceptors (Lipinski definition) is 4. The van der Waals surface area contributed by atoms with Crippen molar-refractivity contribution in [2.75, 3.05) is 11.5 Å². The van der Waals surface area contributed by atoms with Crippen LogP contribution in [0.2, 0.25) is 0 Å². The molecule has 0 aromatic carbocycles. The van der Waals surface area contributed by atoms with Crippen LogP contribution < -0.4 is 11.5 Å². The summed E-state index contributed by atoms with van der Waals surface area (Å²) < 4.78 is 71.4. The molecule has 10 heteroatoms. The van der Waals surface area contributed by atoms with Crippen molar-refractivity contribution in [3.63, 3.8) is 0 Å². The van der Waals surface area contributed by atoms with Crippen molar-refractivity contribution in [3.05, 3.63) is 47.8 Å². The molecule has 0 aliphatic carbocycles. The first-order valence-corrected chi connectivity index (χ1v) is 5.58. The normalized spacial score (nSPS) is 11.5. The Bertz CT molecular complexity index is 623. The molecule has 2 aromatic rings. The number of hydrogen-bond donors (Lipinski definition) is 2. The Morgan fingerprint density at radius 1 is 0.818 bits per heavy atom. The lowest BCUT2D eigenvalue weighted by molar-refractivity contribution is -0.138. The summed E-state index contributed by atoms with van der Waals surface area (Å²) in [6.07, 6.45) is -6.50. The molecule has 120 valence electrons. The molecule has 0 atom stereocenters. The summed E-state index contributed by atoms with van der Waals surface area (Å²) in [5, 5.41) is 0. The molecule has 0 aliphatic rings. The molecule has 0 bridgehead atoms. The van der Waals surface area contributed by atoms with E-state index in [-0.39, 0.29) is 5.82 Å². The molecule has 0 amide bonds. The molecule has 0 radical (unpaired) electrons. The molecular formula is C12H10F6N4. The standard InChI is InChI=1S/2C6H5F3N2/c7-6(8,9)4-1-2-11-5(10)3-4;7-6(8,9)4-2-1-3-11-5(4)10/h2*1-3H,(H2,10,11). The number of nitrogen functional groups attached to an aromatic ring is 2. The van der Waals surface area contributed by atoms with Gasteiger partial charge in [0.15, 0.2) is 0 Å². The maximum atomic E-state index is 11.9. The fourth-order valence-electron chi connectivity index (χ4n) is 1.28. The second kappa shape index (κ2) is 6.50. The Morgan fingerprint density at radius 2 is 1.45 bits per heavy atom. The molecule has 4 nitrogen and oxygen atoms in total. The minimum Gasteiger partial charge on any atom is -0.384 e. The molecular weight excluding hydrogens is 314 g/mol. The van der Waals surface area contributed by atoms with E-state index >= 15 is 0 Å². The van der Waals surface area contributed by atoms with Crippen molar-refractivity contribution in [2.45, 2.75) is 12.4 Å². The molecule has 0 unspecified atom stereocenters. The van der Waals surface area contributed by atoms with E-state index in [1.54, 1.807) is 0 Å². The van der Waals surface area contributed by atoms with Crippen LogP contribution in [0.4, 0.5) is 38.0 Å². The lowest BCUT2D eigenvalue weighted by atomic mass is 10.2. The van der Waals surface area contributed by atoms with Crippen molar-refractivity contribution in [1.29, 1.82) is 0 Å². The van der Waals surface area contributed by atoms with Gasteiger partial charge in [-0.3, -0.25) is 0 Å². The van der Waals surface area contributed by atoms with Crippen LogP contribution in [-0.2, 0) is 12.4 Å². The summed E-state index contributed by atoms with van der Waals surface area (Å²) in [4.78, 5) is 6.73. The lowest BCUT2D eigenvalue weighted by Gasteiger charge is -2.06. The Hall–Kier alpha value is -2.52. The summed E-state index contributed by atoms with van der Waals surface area (Å²) in [5.74, 6) is -0.611. The second-order valence-electron chi connectivity index (χ2n) is 3.90. The zero-order valence-electron chi connectivity index (χ0n) is 10.8. The van der Waals surface area contributed by atoms with Gasteiger partial charge < -0.3 is 11.5 Å². The molecule has 2 aromatic heterocycles. The Balaban J connectivity index is 0.000000220. The van der Waals surface area contributed by atoms with Crippen LogP contribution in [0.15, 0.2) is 36.7 Å². The van der Waals surface area contributed by atoms with Crippen molar-refractivity contribution < 1.29 is 26.3 Å². The van der Waals surface area contributed by atoms with Crippen LogP contribution in [0, 0.1) is 0 Å². The lowest BCUT2D eigenvalue weighted by Crippen LogP contribution is -2.09. The molecule has 4 N–H and O–H groups in total. The van der Waals surface area contributed by atoms with E-state index in [1.807, 2.05) is 0 Å². The van der Waals surface area contributed by atoms with E-state index in [1.165, 1.54) is 12.3 Å². The van der Waals surface area contributed by atoms with Gasteiger partial charge in [0.25, 0.3) is 0 Å². The summed E-state index contributed by atoms with van der Waals surface area (Å²) >= 11 is 0. The predicted molar refractivity (Wildman–Crippen MR) is 67.3 cm³/mol. The SMILES string of the molecule is Nc1cc(C(F)(F)F)ccn1.Nc1ncccc1C(F)(F)F. The largest absolute Gasteiger partial charge is 0.419 e. The molecule has 22 heavy (non-hydrogen) atoms. The number of pyridine rings is 2. The van der Waals surface area contributed by atoms with Gasteiger partial charge in [-0.05, 0) is 24.3 Å². The quantitative estimate of drug-likeness (QED) is 0.728. The first-order valence-electron chi connectivity index (χ1n) is 5.58. The average Bonchev–Trinajstić information content (AvgIpc) is 2.37. The number of nitrogens with two attached hydrogens (primary N) is 2. The zero-order chi connectivity index (χ0) is 17.0. The van der Waals surface area contributed by atoms with E-state index in [0.29, 0.717) is 0 Å². The van der Waals surface area contributed by atoms with Crippen molar-refractivity contribution in [2.24, 2.45) is 0 Å². The van der Waals surface area contributed by atoms with E-state index < -0.39 is 29.3 Å². The van der Waals surface area contributed by atoms with E-state index in [0.717, 1.165) is 24.4 Å². The second-order valence-corrected chi connectivity index (χ2v) is 3.90. The number of alkyl halides is 6. The summed E-state index contributed by atoms with van der Waals surface area (Å²) in [7, 11) is 0. The third kappa shape index (κ3) is 5.11. The summed E-state index contributed by atoms with van der Waals surface area (Å²) in [6.45, 7) is 0. The monoisotopic (exact) mass is 324 g/mol. The number of anilines is 2. The third-order valence-corrected chi connectivity index (χ3v) is 2.25. The molecule has 0 saturated heterocycles. The van der Waals surface area contributed by atoms with Gasteiger partial charge in [0.1, 0.15) is 11.6 Å². The molecule has 2 rings (SSSR count). The van der Waals surface area contributed by atoms with Crippen molar-refractivity contribution in [1.82, 2.24) is 9.97 Å². The van der Waals surface area contributed by atoms with Gasteiger partial charge in [0, 0.05) is 12.4 Å². The summed E-state index contributed by atoms with van der Waals surface area (Å²) in [5.41, 5.74) is 8.36. The number of halogens is 6. The Morgan fingerprint density at radius 3 is 1.82 bits per heavy atom. The third-order valence-electron chi connectivity index (χ3n) is 2.25. The maximum Gasteiger partial charge on any atom is 0.419 e. The van der Waals surface area contributed by atoms with Gasteiger partial charge >= 0.3 is 12.4 Å². The Labute approximate surface area is 120 Å². The molecule has 0 spiro atoms. The Kier molecular flexibility index (Phi) is 5.18. The fraction of sp³-hybridized carbons (Fsp3) is 0.167. The smallest absolute Gasteiger partial charge is 0.384 e. The maximum absolute atomic E-state index is 11.9. The fourth-order valence-corrected chi connectivity index (χ4v) is 1.28. The molecule has 2 heterocycles. The number of aromatic nitrogens is 2. The minimum atomic E-state index is -4.40. The topological polar surface area (TPSA) is 77.8 Å². The number of nitrogens with zero attached hydrogens (tertiary/aromatic N) is 2. The van der Waals surface area contributed by atoms with Gasteiger partial charge in [0.05, 0.1) is 11.1 Å². The van der Waals surface area contributed by atoms with Crippen LogP contribution in [0.1, 0.15) is 11.1 Å². The highest BCUT2D eigenvalue weighted by molar-refractivity contribution is 5.40. The molecule has 0 aliphatic heterocycles. The van der Waals surface area contributed by atoms with Gasteiger partial charge in [-0.15, -0.1) is 0 Å². The highest BCUT2D eigenvalue weighted by atomic mass is 19.4. The first kappa shape index (κ1) is 17.5. The average molecular weight is 324 g/mol. The van der Waals surface area contributed by atoms with Gasteiger partial charge in [-0.2, -0.15) is 26.3 Å². The van der Waals surface area contributed by atoms with E-state index in [2.05, 4.69) is 9.97 Å². The number of rotatable bonds is 0. The molecule has 0 saturated carbocycles. The van der Waals surface area contributed by atoms with Crippen LogP contribution >= 0.6 is 0 Å². The van der Waals surface area contributed by atoms with Crippen LogP contribution in [-0.4, -0.2) is 9.97 Å². The van der Waals surface area contributed by atoms with Crippen LogP contribution in [0.5, 0.6) is 0 Å². The predicted octanol–water partition coefficient (Wildman–Crippen LogP) is 3.37. The highest BCUT2D eigenvalue weighted by Crippen LogP contribution is 2.31. The van der Waals surface area contributed by atoms with Gasteiger partial charge in [-0.1, -0.05) is 0 Å². The summed E-state index contributed by atoms with van der Waals surface area (Å²) in [6, 6.07) is 3.75. The van der Waals surface area contributed by atoms with Crippen molar-refractivity contribution in [3.8, 4) is 0 Å². The molecule has 0 fully saturated rings. The highest BCUT2D eigenvalue weighted by Gasteiger charge is 2.33.